The normalized spacial score (nSPS) is 22.2. The Balaban J connectivity index is 1.49. The molecule has 0 saturated heterocycles. The Hall–Kier alpha value is -1.73. The van der Waals surface area contributed by atoms with Gasteiger partial charge in [0.2, 0.25) is 5.91 Å². The summed E-state index contributed by atoms with van der Waals surface area (Å²) in [6, 6.07) is 2.11. The zero-order valence-electron chi connectivity index (χ0n) is 13.0. The van der Waals surface area contributed by atoms with Crippen LogP contribution >= 0.6 is 11.3 Å². The van der Waals surface area contributed by atoms with Gasteiger partial charge in [-0.3, -0.25) is 14.4 Å². The van der Waals surface area contributed by atoms with Crippen molar-refractivity contribution in [3.63, 3.8) is 0 Å². The fourth-order valence-corrected chi connectivity index (χ4v) is 4.22. The van der Waals surface area contributed by atoms with Crippen molar-refractivity contribution >= 4 is 17.2 Å². The highest BCUT2D eigenvalue weighted by Gasteiger charge is 2.32. The van der Waals surface area contributed by atoms with Crippen LogP contribution in [0.3, 0.4) is 0 Å². The molecule has 7 heteroatoms. The molecule has 1 fully saturated rings. The predicted molar refractivity (Wildman–Crippen MR) is 87.9 cm³/mol. The van der Waals surface area contributed by atoms with Crippen molar-refractivity contribution in [2.75, 3.05) is 6.54 Å². The Morgan fingerprint density at radius 1 is 1.35 bits per heavy atom. The molecule has 2 aromatic heterocycles. The van der Waals surface area contributed by atoms with Gasteiger partial charge in [-0.2, -0.15) is 5.10 Å². The Kier molecular flexibility index (Phi) is 4.13. The van der Waals surface area contributed by atoms with Gasteiger partial charge < -0.3 is 5.32 Å². The molecule has 1 aliphatic heterocycles. The molecule has 0 bridgehead atoms. The van der Waals surface area contributed by atoms with Gasteiger partial charge in [-0.1, -0.05) is 12.8 Å². The van der Waals surface area contributed by atoms with Gasteiger partial charge in [-0.05, 0) is 18.9 Å². The van der Waals surface area contributed by atoms with E-state index in [4.69, 9.17) is 0 Å². The number of nitrogens with zero attached hydrogens (tertiary/aromatic N) is 4. The van der Waals surface area contributed by atoms with E-state index < -0.39 is 0 Å². The van der Waals surface area contributed by atoms with E-state index in [1.54, 1.807) is 17.5 Å². The third-order valence-corrected chi connectivity index (χ3v) is 5.48. The fourth-order valence-electron chi connectivity index (χ4n) is 3.57. The van der Waals surface area contributed by atoms with Crippen molar-refractivity contribution in [1.82, 2.24) is 25.0 Å². The zero-order valence-corrected chi connectivity index (χ0v) is 13.8. The second kappa shape index (κ2) is 6.41. The Bertz CT molecular complexity index is 662. The topological polar surface area (TPSA) is 63.1 Å². The van der Waals surface area contributed by atoms with Crippen LogP contribution in [0, 0.1) is 0 Å². The highest BCUT2D eigenvalue weighted by molar-refractivity contribution is 7.09. The van der Waals surface area contributed by atoms with Crippen LogP contribution in [0.25, 0.3) is 0 Å². The summed E-state index contributed by atoms with van der Waals surface area (Å²) >= 11 is 1.66. The van der Waals surface area contributed by atoms with Gasteiger partial charge in [0.05, 0.1) is 12.2 Å². The first-order chi connectivity index (χ1) is 11.3. The van der Waals surface area contributed by atoms with Gasteiger partial charge in [0.1, 0.15) is 11.0 Å². The van der Waals surface area contributed by atoms with Crippen molar-refractivity contribution in [3.8, 4) is 0 Å². The van der Waals surface area contributed by atoms with Crippen molar-refractivity contribution in [3.05, 3.63) is 34.5 Å². The number of carbonyl (C=O) groups is 1. The monoisotopic (exact) mass is 331 g/mol. The quantitative estimate of drug-likeness (QED) is 0.930. The minimum Gasteiger partial charge on any atom is -0.351 e. The van der Waals surface area contributed by atoms with Crippen LogP contribution in [0.15, 0.2) is 23.8 Å². The molecule has 0 radical (unpaired) electrons. The zero-order chi connectivity index (χ0) is 15.6. The van der Waals surface area contributed by atoms with Gasteiger partial charge >= 0.3 is 0 Å². The summed E-state index contributed by atoms with van der Waals surface area (Å²) in [6.45, 7) is 2.29. The third-order valence-electron chi connectivity index (χ3n) is 4.71. The second-order valence-corrected chi connectivity index (χ2v) is 7.35. The van der Waals surface area contributed by atoms with E-state index in [0.29, 0.717) is 12.6 Å². The van der Waals surface area contributed by atoms with E-state index in [1.807, 2.05) is 22.3 Å². The van der Waals surface area contributed by atoms with Gasteiger partial charge in [0, 0.05) is 36.9 Å². The number of rotatable bonds is 4. The van der Waals surface area contributed by atoms with E-state index in [9.17, 15) is 4.79 Å². The number of nitrogens with one attached hydrogen (secondary N) is 1. The molecule has 2 aliphatic rings. The van der Waals surface area contributed by atoms with E-state index in [2.05, 4.69) is 20.3 Å². The molecule has 1 amide bonds. The SMILES string of the molecule is O=C(NC1CCCC1)[C@H]1CN(Cc2nccs2)Cc2ccnn21. The molecule has 1 aliphatic carbocycles. The number of thiazole rings is 1. The van der Waals surface area contributed by atoms with E-state index in [-0.39, 0.29) is 11.9 Å². The van der Waals surface area contributed by atoms with Crippen molar-refractivity contribution in [2.24, 2.45) is 0 Å². The second-order valence-electron chi connectivity index (χ2n) is 6.37. The Morgan fingerprint density at radius 3 is 3.00 bits per heavy atom. The highest BCUT2D eigenvalue weighted by atomic mass is 32.1. The highest BCUT2D eigenvalue weighted by Crippen LogP contribution is 2.24. The van der Waals surface area contributed by atoms with E-state index >= 15 is 0 Å². The predicted octanol–water partition coefficient (Wildman–Crippen LogP) is 1.96. The van der Waals surface area contributed by atoms with Crippen molar-refractivity contribution in [2.45, 2.75) is 50.9 Å². The maximum Gasteiger partial charge on any atom is 0.246 e. The number of carbonyl (C=O) groups excluding carboxylic acids is 1. The largest absolute Gasteiger partial charge is 0.351 e. The lowest BCUT2D eigenvalue weighted by molar-refractivity contribution is -0.126. The fraction of sp³-hybridized carbons (Fsp3) is 0.562. The van der Waals surface area contributed by atoms with Gasteiger partial charge in [-0.15, -0.1) is 11.3 Å². The molecule has 1 N–H and O–H groups in total. The van der Waals surface area contributed by atoms with Crippen LogP contribution in [0.4, 0.5) is 0 Å². The minimum atomic E-state index is -0.241. The smallest absolute Gasteiger partial charge is 0.246 e. The summed E-state index contributed by atoms with van der Waals surface area (Å²) < 4.78 is 1.89. The molecule has 1 saturated carbocycles. The lowest BCUT2D eigenvalue weighted by Gasteiger charge is -2.33. The average Bonchev–Trinajstić information content (AvgIpc) is 3.28. The first-order valence-electron chi connectivity index (χ1n) is 8.23. The van der Waals surface area contributed by atoms with Crippen molar-refractivity contribution in [1.29, 1.82) is 0 Å². The molecule has 6 nitrogen and oxygen atoms in total. The van der Waals surface area contributed by atoms with Crippen LogP contribution in [-0.4, -0.2) is 38.2 Å². The summed E-state index contributed by atoms with van der Waals surface area (Å²) in [5.41, 5.74) is 1.10. The third kappa shape index (κ3) is 3.16. The molecular weight excluding hydrogens is 310 g/mol. The number of hydrogen-bond acceptors (Lipinski definition) is 5. The number of fused-ring (bicyclic) bond motifs is 1. The molecule has 4 rings (SSSR count). The Morgan fingerprint density at radius 2 is 2.22 bits per heavy atom. The van der Waals surface area contributed by atoms with Gasteiger partial charge in [0.15, 0.2) is 0 Å². The summed E-state index contributed by atoms with van der Waals surface area (Å²) in [4.78, 5) is 19.4. The number of amides is 1. The molecule has 3 heterocycles. The maximum absolute atomic E-state index is 12.8. The van der Waals surface area contributed by atoms with Crippen LogP contribution in [-0.2, 0) is 17.9 Å². The average molecular weight is 331 g/mol. The standard InChI is InChI=1S/C16H21N5OS/c22-16(19-12-3-1-2-4-12)14-10-20(11-15-17-7-8-23-15)9-13-5-6-18-21(13)14/h5-8,12,14H,1-4,9-11H2,(H,19,22)/t14-/m1/s1. The van der Waals surface area contributed by atoms with Crippen LogP contribution in [0.5, 0.6) is 0 Å². The number of aromatic nitrogens is 3. The lowest BCUT2D eigenvalue weighted by atomic mass is 10.1. The Labute approximate surface area is 139 Å². The minimum absolute atomic E-state index is 0.102. The summed E-state index contributed by atoms with van der Waals surface area (Å²) in [7, 11) is 0. The van der Waals surface area contributed by atoms with Gasteiger partial charge in [-0.25, -0.2) is 4.98 Å². The first kappa shape index (κ1) is 14.8. The molecule has 2 aromatic rings. The van der Waals surface area contributed by atoms with E-state index in [0.717, 1.165) is 36.6 Å². The first-order valence-corrected chi connectivity index (χ1v) is 9.11. The molecule has 23 heavy (non-hydrogen) atoms. The molecule has 0 unspecified atom stereocenters. The molecule has 0 spiro atoms. The van der Waals surface area contributed by atoms with Crippen LogP contribution < -0.4 is 5.32 Å². The molecule has 122 valence electrons. The summed E-state index contributed by atoms with van der Waals surface area (Å²) in [5, 5.41) is 10.7. The lowest BCUT2D eigenvalue weighted by Crippen LogP contribution is -2.46. The van der Waals surface area contributed by atoms with E-state index in [1.165, 1.54) is 12.8 Å². The van der Waals surface area contributed by atoms with Gasteiger partial charge in [0.25, 0.3) is 0 Å². The molecular formula is C16H21N5OS. The number of hydrogen-bond donors (Lipinski definition) is 1. The molecule has 1 atom stereocenters. The van der Waals surface area contributed by atoms with Crippen molar-refractivity contribution < 1.29 is 4.79 Å². The van der Waals surface area contributed by atoms with Crippen LogP contribution in [0.1, 0.15) is 42.4 Å². The maximum atomic E-state index is 12.8. The summed E-state index contributed by atoms with van der Waals surface area (Å²) in [5.74, 6) is 0.102. The summed E-state index contributed by atoms with van der Waals surface area (Å²) in [6.07, 6.45) is 8.27. The van der Waals surface area contributed by atoms with Crippen LogP contribution in [0.2, 0.25) is 0 Å². The molecule has 0 aromatic carbocycles.